The average Bonchev–Trinajstić information content (AvgIpc) is 2.56. The van der Waals surface area contributed by atoms with Gasteiger partial charge in [-0.05, 0) is 35.1 Å². The molecule has 0 fully saturated rings. The van der Waals surface area contributed by atoms with Crippen LogP contribution in [0.5, 0.6) is 0 Å². The lowest BCUT2D eigenvalue weighted by Crippen LogP contribution is -1.98. The van der Waals surface area contributed by atoms with Crippen LogP contribution in [-0.4, -0.2) is 5.87 Å². The van der Waals surface area contributed by atoms with Gasteiger partial charge in [0.25, 0.3) is 0 Å². The zero-order valence-corrected chi connectivity index (χ0v) is 12.3. The van der Waals surface area contributed by atoms with Crippen LogP contribution in [0.15, 0.2) is 60.3 Å². The van der Waals surface area contributed by atoms with Crippen LogP contribution >= 0.6 is 12.2 Å². The molecular formula is C18H17NS. The smallest absolute Gasteiger partial charge is 0.0860 e. The fourth-order valence-electron chi connectivity index (χ4n) is 1.93. The van der Waals surface area contributed by atoms with Crippen molar-refractivity contribution in [3.8, 4) is 23.5 Å². The summed E-state index contributed by atoms with van der Waals surface area (Å²) in [6.45, 7) is 1.96. The van der Waals surface area contributed by atoms with E-state index < -0.39 is 0 Å². The van der Waals surface area contributed by atoms with Crippen molar-refractivity contribution in [1.29, 1.82) is 0 Å². The van der Waals surface area contributed by atoms with Crippen molar-refractivity contribution in [3.05, 3.63) is 65.9 Å². The Balaban J connectivity index is 0.000000956. The van der Waals surface area contributed by atoms with Gasteiger partial charge in [0, 0.05) is 0 Å². The summed E-state index contributed by atoms with van der Waals surface area (Å²) in [7, 11) is 0. The van der Waals surface area contributed by atoms with Crippen LogP contribution in [0, 0.1) is 12.3 Å². The Bertz CT molecular complexity index is 636. The Morgan fingerprint density at radius 1 is 1.05 bits per heavy atom. The number of allylic oxidation sites excluding steroid dienone is 2. The van der Waals surface area contributed by atoms with Gasteiger partial charge in [0.15, 0.2) is 0 Å². The van der Waals surface area contributed by atoms with E-state index in [1.165, 1.54) is 0 Å². The van der Waals surface area contributed by atoms with Gasteiger partial charge < -0.3 is 5.73 Å². The maximum Gasteiger partial charge on any atom is 0.0860 e. The van der Waals surface area contributed by atoms with E-state index in [0.29, 0.717) is 5.70 Å². The van der Waals surface area contributed by atoms with Gasteiger partial charge in [-0.3, -0.25) is 0 Å². The van der Waals surface area contributed by atoms with Crippen LogP contribution in [0.1, 0.15) is 12.5 Å². The van der Waals surface area contributed by atoms with Crippen molar-refractivity contribution in [2.45, 2.75) is 6.92 Å². The molecule has 0 radical (unpaired) electrons. The van der Waals surface area contributed by atoms with Gasteiger partial charge in [-0.15, -0.1) is 6.42 Å². The number of hydrogen-bond donors (Lipinski definition) is 1. The second-order valence-corrected chi connectivity index (χ2v) is 4.09. The van der Waals surface area contributed by atoms with Crippen molar-refractivity contribution >= 4 is 23.7 Å². The highest BCUT2D eigenvalue weighted by Crippen LogP contribution is 2.29. The van der Waals surface area contributed by atoms with E-state index in [4.69, 9.17) is 12.2 Å². The van der Waals surface area contributed by atoms with Crippen molar-refractivity contribution < 1.29 is 0 Å². The van der Waals surface area contributed by atoms with Gasteiger partial charge >= 0.3 is 0 Å². The fraction of sp³-hybridized carbons (Fsp3) is 0.0556. The lowest BCUT2D eigenvalue weighted by atomic mass is 9.94. The maximum absolute atomic E-state index is 5.84. The van der Waals surface area contributed by atoms with Gasteiger partial charge in [0.2, 0.25) is 0 Å². The number of hydrogen-bond acceptors (Lipinski definition) is 2. The van der Waals surface area contributed by atoms with E-state index in [1.807, 2.05) is 43.3 Å². The SMILES string of the molecule is C#C/C(N)=C(/C)c1ccccc1-c1ccccc1.C=S. The van der Waals surface area contributed by atoms with E-state index in [1.54, 1.807) is 0 Å². The first-order valence-corrected chi connectivity index (χ1v) is 6.68. The third-order valence-electron chi connectivity index (χ3n) is 2.98. The molecular weight excluding hydrogens is 262 g/mol. The molecule has 2 N–H and O–H groups in total. The molecule has 0 saturated heterocycles. The second kappa shape index (κ2) is 7.93. The first-order valence-electron chi connectivity index (χ1n) is 6.10. The molecule has 2 heteroatoms. The van der Waals surface area contributed by atoms with Crippen molar-refractivity contribution in [1.82, 2.24) is 0 Å². The van der Waals surface area contributed by atoms with Crippen molar-refractivity contribution in [2.24, 2.45) is 5.73 Å². The molecule has 20 heavy (non-hydrogen) atoms. The van der Waals surface area contributed by atoms with Crippen LogP contribution in [-0.2, 0) is 0 Å². The molecule has 100 valence electrons. The summed E-state index contributed by atoms with van der Waals surface area (Å²) >= 11 is 3.83. The topological polar surface area (TPSA) is 26.0 Å². The van der Waals surface area contributed by atoms with Crippen molar-refractivity contribution in [3.63, 3.8) is 0 Å². The Labute approximate surface area is 126 Å². The number of rotatable bonds is 2. The molecule has 1 nitrogen and oxygen atoms in total. The largest absolute Gasteiger partial charge is 0.392 e. The monoisotopic (exact) mass is 279 g/mol. The number of thiocarbonyl (C=S) groups is 1. The van der Waals surface area contributed by atoms with Gasteiger partial charge in [0.1, 0.15) is 0 Å². The van der Waals surface area contributed by atoms with Gasteiger partial charge in [0.05, 0.1) is 5.70 Å². The molecule has 0 amide bonds. The summed E-state index contributed by atoms with van der Waals surface area (Å²) in [6.07, 6.45) is 5.37. The Morgan fingerprint density at radius 2 is 1.60 bits per heavy atom. The molecule has 0 aromatic heterocycles. The highest BCUT2D eigenvalue weighted by atomic mass is 32.1. The minimum absolute atomic E-state index is 0.485. The molecule has 0 heterocycles. The zero-order valence-electron chi connectivity index (χ0n) is 11.5. The summed E-state index contributed by atoms with van der Waals surface area (Å²) < 4.78 is 0. The molecule has 0 saturated carbocycles. The molecule has 0 aliphatic carbocycles. The Kier molecular flexibility index (Phi) is 6.22. The minimum atomic E-state index is 0.485. The lowest BCUT2D eigenvalue weighted by molar-refractivity contribution is 1.42. The predicted molar refractivity (Wildman–Crippen MR) is 92.2 cm³/mol. The molecule has 0 aliphatic rings. The molecule has 0 spiro atoms. The number of terminal acetylenes is 1. The Hall–Kier alpha value is -2.37. The summed E-state index contributed by atoms with van der Waals surface area (Å²) in [4.78, 5) is 0. The quantitative estimate of drug-likeness (QED) is 0.655. The summed E-state index contributed by atoms with van der Waals surface area (Å²) in [5.74, 6) is 5.33. The van der Waals surface area contributed by atoms with Crippen LogP contribution in [0.3, 0.4) is 0 Å². The van der Waals surface area contributed by atoms with Crippen LogP contribution in [0.4, 0.5) is 0 Å². The third kappa shape index (κ3) is 3.57. The number of benzene rings is 2. The standard InChI is InChI=1S/C17H15N.CH2S/c1-3-17(18)13(2)15-11-7-8-12-16(15)14-9-5-4-6-10-14;1-2/h1,4-12H,18H2,2H3;1H2/b17-13+;. The van der Waals surface area contributed by atoms with E-state index in [0.717, 1.165) is 22.3 Å². The second-order valence-electron chi connectivity index (χ2n) is 4.09. The van der Waals surface area contributed by atoms with E-state index in [9.17, 15) is 0 Å². The van der Waals surface area contributed by atoms with Gasteiger partial charge in [-0.1, -0.05) is 72.7 Å². The highest BCUT2D eigenvalue weighted by Gasteiger charge is 2.07. The van der Waals surface area contributed by atoms with Crippen LogP contribution in [0.25, 0.3) is 16.7 Å². The van der Waals surface area contributed by atoms with E-state index in [-0.39, 0.29) is 0 Å². The fourth-order valence-corrected chi connectivity index (χ4v) is 1.93. The van der Waals surface area contributed by atoms with Gasteiger partial charge in [-0.25, -0.2) is 0 Å². The average molecular weight is 279 g/mol. The molecule has 2 rings (SSSR count). The molecule has 2 aromatic rings. The molecule has 0 atom stereocenters. The minimum Gasteiger partial charge on any atom is -0.392 e. The summed E-state index contributed by atoms with van der Waals surface area (Å²) in [6, 6.07) is 18.4. The molecule has 0 unspecified atom stereocenters. The molecule has 0 bridgehead atoms. The predicted octanol–water partition coefficient (Wildman–Crippen LogP) is 4.29. The highest BCUT2D eigenvalue weighted by molar-refractivity contribution is 7.77. The third-order valence-corrected chi connectivity index (χ3v) is 2.98. The molecule has 0 aliphatic heterocycles. The molecule has 2 aromatic carbocycles. The zero-order chi connectivity index (χ0) is 15.0. The summed E-state index contributed by atoms with van der Waals surface area (Å²) in [5, 5.41) is 0. The first kappa shape index (κ1) is 15.7. The normalized spacial score (nSPS) is 10.6. The van der Waals surface area contributed by atoms with E-state index >= 15 is 0 Å². The summed E-state index contributed by atoms with van der Waals surface area (Å²) in [5.41, 5.74) is 10.7. The first-order chi connectivity index (χ1) is 9.74. The van der Waals surface area contributed by atoms with Crippen LogP contribution in [0.2, 0.25) is 0 Å². The van der Waals surface area contributed by atoms with Crippen molar-refractivity contribution in [2.75, 3.05) is 0 Å². The Morgan fingerprint density at radius 3 is 2.20 bits per heavy atom. The van der Waals surface area contributed by atoms with E-state index in [2.05, 4.69) is 42.2 Å². The van der Waals surface area contributed by atoms with Crippen LogP contribution < -0.4 is 5.73 Å². The lowest BCUT2D eigenvalue weighted by Gasteiger charge is -2.11. The number of nitrogens with two attached hydrogens (primary N) is 1. The van der Waals surface area contributed by atoms with Gasteiger partial charge in [-0.2, -0.15) is 0 Å². The maximum atomic E-state index is 5.84.